The molecule has 1 aromatic carbocycles. The van der Waals surface area contributed by atoms with Crippen LogP contribution in [-0.2, 0) is 14.8 Å². The Kier molecular flexibility index (Phi) is 4.65. The van der Waals surface area contributed by atoms with Gasteiger partial charge in [0, 0.05) is 6.04 Å². The van der Waals surface area contributed by atoms with Crippen LogP contribution in [0.4, 0.5) is 4.39 Å². The molecule has 0 fully saturated rings. The van der Waals surface area contributed by atoms with Crippen molar-refractivity contribution in [2.45, 2.75) is 31.7 Å². The van der Waals surface area contributed by atoms with Crippen molar-refractivity contribution in [2.75, 3.05) is 6.54 Å². The molecule has 0 saturated carbocycles. The molecule has 1 aromatic rings. The first-order valence-corrected chi connectivity index (χ1v) is 7.10. The van der Waals surface area contributed by atoms with E-state index in [9.17, 15) is 17.6 Å². The van der Waals surface area contributed by atoms with Crippen molar-refractivity contribution in [3.8, 4) is 0 Å². The summed E-state index contributed by atoms with van der Waals surface area (Å²) >= 11 is 0. The van der Waals surface area contributed by atoms with E-state index in [2.05, 4.69) is 0 Å². The number of carboxylic acids is 1. The molecule has 5 nitrogen and oxygen atoms in total. The summed E-state index contributed by atoms with van der Waals surface area (Å²) in [4.78, 5) is 10.2. The van der Waals surface area contributed by atoms with Crippen molar-refractivity contribution >= 4 is 16.0 Å². The Morgan fingerprint density at radius 2 is 2.00 bits per heavy atom. The predicted molar refractivity (Wildman–Crippen MR) is 67.8 cm³/mol. The van der Waals surface area contributed by atoms with Gasteiger partial charge >= 0.3 is 5.97 Å². The maximum Gasteiger partial charge on any atom is 0.318 e. The van der Waals surface area contributed by atoms with Crippen molar-refractivity contribution in [1.82, 2.24) is 4.31 Å². The van der Waals surface area contributed by atoms with Gasteiger partial charge in [0.25, 0.3) is 0 Å². The molecule has 106 valence electrons. The molecule has 0 heterocycles. The first kappa shape index (κ1) is 15.6. The lowest BCUT2D eigenvalue weighted by Gasteiger charge is -2.24. The fourth-order valence-electron chi connectivity index (χ4n) is 1.62. The number of hydrogen-bond donors (Lipinski definition) is 1. The van der Waals surface area contributed by atoms with E-state index in [4.69, 9.17) is 5.11 Å². The molecule has 0 aliphatic carbocycles. The summed E-state index contributed by atoms with van der Waals surface area (Å²) in [5, 5.41) is 8.76. The maximum atomic E-state index is 13.8. The van der Waals surface area contributed by atoms with E-state index < -0.39 is 39.3 Å². The van der Waals surface area contributed by atoms with Crippen molar-refractivity contribution < 1.29 is 22.7 Å². The summed E-state index contributed by atoms with van der Waals surface area (Å²) in [6.45, 7) is 4.00. The minimum atomic E-state index is -4.17. The van der Waals surface area contributed by atoms with E-state index in [-0.39, 0.29) is 0 Å². The molecular weight excluding hydrogens is 273 g/mol. The average molecular weight is 289 g/mol. The number of sulfonamides is 1. The van der Waals surface area contributed by atoms with E-state index in [0.29, 0.717) is 5.56 Å². The molecule has 1 rings (SSSR count). The van der Waals surface area contributed by atoms with E-state index in [1.807, 2.05) is 0 Å². The number of hydrogen-bond acceptors (Lipinski definition) is 3. The highest BCUT2D eigenvalue weighted by Gasteiger charge is 2.31. The number of aryl methyl sites for hydroxylation is 1. The molecule has 0 bridgehead atoms. The van der Waals surface area contributed by atoms with Crippen LogP contribution in [0.25, 0.3) is 0 Å². The summed E-state index contributed by atoms with van der Waals surface area (Å²) < 4.78 is 39.0. The number of carbonyl (C=O) groups is 1. The Hall–Kier alpha value is -1.47. The molecule has 0 atom stereocenters. The molecule has 0 aliphatic heterocycles. The lowest BCUT2D eigenvalue weighted by atomic mass is 10.2. The Morgan fingerprint density at radius 3 is 2.42 bits per heavy atom. The number of benzene rings is 1. The molecule has 0 amide bonds. The van der Waals surface area contributed by atoms with Crippen molar-refractivity contribution in [2.24, 2.45) is 0 Å². The zero-order valence-electron chi connectivity index (χ0n) is 10.9. The summed E-state index contributed by atoms with van der Waals surface area (Å²) in [5.41, 5.74) is 0.589. The summed E-state index contributed by atoms with van der Waals surface area (Å²) in [6.07, 6.45) is 0. The second kappa shape index (κ2) is 5.66. The first-order chi connectivity index (χ1) is 8.66. The molecule has 0 unspecified atom stereocenters. The Labute approximate surface area is 111 Å². The van der Waals surface area contributed by atoms with Crippen LogP contribution in [0.3, 0.4) is 0 Å². The van der Waals surface area contributed by atoms with Gasteiger partial charge in [0.05, 0.1) is 0 Å². The van der Waals surface area contributed by atoms with Gasteiger partial charge in [-0.2, -0.15) is 4.31 Å². The van der Waals surface area contributed by atoms with Crippen LogP contribution in [0, 0.1) is 12.7 Å². The monoisotopic (exact) mass is 289 g/mol. The van der Waals surface area contributed by atoms with E-state index in [1.54, 1.807) is 6.92 Å². The van der Waals surface area contributed by atoms with Crippen LogP contribution in [0.2, 0.25) is 0 Å². The summed E-state index contributed by atoms with van der Waals surface area (Å²) in [5.74, 6) is -2.17. The van der Waals surface area contributed by atoms with Gasteiger partial charge in [-0.05, 0) is 38.5 Å². The normalized spacial score (nSPS) is 12.1. The third-order valence-electron chi connectivity index (χ3n) is 2.54. The Bertz CT molecular complexity index is 583. The molecule has 1 N–H and O–H groups in total. The Morgan fingerprint density at radius 1 is 1.42 bits per heavy atom. The summed E-state index contributed by atoms with van der Waals surface area (Å²) in [7, 11) is -4.17. The zero-order chi connectivity index (χ0) is 14.8. The van der Waals surface area contributed by atoms with Crippen molar-refractivity contribution in [1.29, 1.82) is 0 Å². The number of aliphatic carboxylic acids is 1. The number of carboxylic acid groups (broad SMARTS) is 1. The minimum Gasteiger partial charge on any atom is -0.480 e. The van der Waals surface area contributed by atoms with Crippen LogP contribution in [0.15, 0.2) is 23.1 Å². The number of rotatable bonds is 5. The van der Waals surface area contributed by atoms with Gasteiger partial charge in [0.15, 0.2) is 0 Å². The van der Waals surface area contributed by atoms with Crippen molar-refractivity contribution in [3.63, 3.8) is 0 Å². The van der Waals surface area contributed by atoms with Crippen LogP contribution in [0.5, 0.6) is 0 Å². The van der Waals surface area contributed by atoms with Gasteiger partial charge < -0.3 is 5.11 Å². The first-order valence-electron chi connectivity index (χ1n) is 5.66. The fourth-order valence-corrected chi connectivity index (χ4v) is 3.25. The average Bonchev–Trinajstić information content (AvgIpc) is 2.24. The minimum absolute atomic E-state index is 0.506. The summed E-state index contributed by atoms with van der Waals surface area (Å²) in [6, 6.07) is 3.14. The van der Waals surface area contributed by atoms with Crippen LogP contribution >= 0.6 is 0 Å². The predicted octanol–water partition coefficient (Wildman–Crippen LogP) is 1.62. The highest BCUT2D eigenvalue weighted by Crippen LogP contribution is 2.21. The topological polar surface area (TPSA) is 74.7 Å². The molecule has 0 saturated heterocycles. The third-order valence-corrected chi connectivity index (χ3v) is 4.60. The molecule has 0 aromatic heterocycles. The largest absolute Gasteiger partial charge is 0.480 e. The number of nitrogens with zero attached hydrogens (tertiary/aromatic N) is 1. The van der Waals surface area contributed by atoms with Crippen LogP contribution in [-0.4, -0.2) is 36.4 Å². The van der Waals surface area contributed by atoms with E-state index in [0.717, 1.165) is 16.4 Å². The highest BCUT2D eigenvalue weighted by molar-refractivity contribution is 7.89. The van der Waals surface area contributed by atoms with Gasteiger partial charge in [-0.3, -0.25) is 4.79 Å². The molecular formula is C12H16FNO4S. The van der Waals surface area contributed by atoms with Gasteiger partial charge in [0.2, 0.25) is 10.0 Å². The smallest absolute Gasteiger partial charge is 0.318 e. The van der Waals surface area contributed by atoms with Crippen LogP contribution < -0.4 is 0 Å². The molecule has 7 heteroatoms. The third kappa shape index (κ3) is 3.51. The van der Waals surface area contributed by atoms with E-state index in [1.165, 1.54) is 19.9 Å². The lowest BCUT2D eigenvalue weighted by Crippen LogP contribution is -2.40. The molecule has 0 aliphatic rings. The van der Waals surface area contributed by atoms with Gasteiger partial charge in [0.1, 0.15) is 17.3 Å². The van der Waals surface area contributed by atoms with Gasteiger partial charge in [-0.25, -0.2) is 12.8 Å². The zero-order valence-corrected chi connectivity index (χ0v) is 11.7. The van der Waals surface area contributed by atoms with Gasteiger partial charge in [-0.15, -0.1) is 0 Å². The fraction of sp³-hybridized carbons (Fsp3) is 0.417. The van der Waals surface area contributed by atoms with Crippen molar-refractivity contribution in [3.05, 3.63) is 29.6 Å². The quantitative estimate of drug-likeness (QED) is 0.893. The van der Waals surface area contributed by atoms with Crippen LogP contribution in [0.1, 0.15) is 19.4 Å². The highest BCUT2D eigenvalue weighted by atomic mass is 32.2. The molecule has 0 spiro atoms. The SMILES string of the molecule is Cc1ccc(S(=O)(=O)N(CC(=O)O)C(C)C)c(F)c1. The second-order valence-electron chi connectivity index (χ2n) is 4.47. The maximum absolute atomic E-state index is 13.8. The Balaban J connectivity index is 3.30. The number of halogens is 1. The lowest BCUT2D eigenvalue weighted by molar-refractivity contribution is -0.137. The molecule has 19 heavy (non-hydrogen) atoms. The molecule has 0 radical (unpaired) electrons. The van der Waals surface area contributed by atoms with E-state index >= 15 is 0 Å². The second-order valence-corrected chi connectivity index (χ2v) is 6.33. The standard InChI is InChI=1S/C12H16FNO4S/c1-8(2)14(7-12(15)16)19(17,18)11-5-4-9(3)6-10(11)13/h4-6,8H,7H2,1-3H3,(H,15,16). The van der Waals surface area contributed by atoms with Gasteiger partial charge in [-0.1, -0.05) is 6.07 Å².